The number of halogens is 1. The highest BCUT2D eigenvalue weighted by molar-refractivity contribution is 9.10. The molecule has 4 nitrogen and oxygen atoms in total. The lowest BCUT2D eigenvalue weighted by Gasteiger charge is -2.15. The zero-order chi connectivity index (χ0) is 23.8. The van der Waals surface area contributed by atoms with Crippen molar-refractivity contribution in [3.63, 3.8) is 0 Å². The van der Waals surface area contributed by atoms with Crippen molar-refractivity contribution >= 4 is 27.8 Å². The minimum Gasteiger partial charge on any atom is -0.490 e. The first-order valence-corrected chi connectivity index (χ1v) is 11.9. The van der Waals surface area contributed by atoms with Crippen LogP contribution >= 0.6 is 15.9 Å². The predicted molar refractivity (Wildman–Crippen MR) is 141 cm³/mol. The van der Waals surface area contributed by atoms with Gasteiger partial charge in [0.2, 0.25) is 0 Å². The van der Waals surface area contributed by atoms with E-state index in [-0.39, 0.29) is 0 Å². The molecule has 4 aromatic carbocycles. The molecular formula is C29H26BrNO3. The fraction of sp³-hybridized carbons (Fsp3) is 0.138. The summed E-state index contributed by atoms with van der Waals surface area (Å²) in [4.78, 5) is 4.60. The number of ether oxygens (including phenoxy) is 3. The Bertz CT molecular complexity index is 1240. The largest absolute Gasteiger partial charge is 0.490 e. The van der Waals surface area contributed by atoms with E-state index in [2.05, 4.69) is 52.1 Å². The summed E-state index contributed by atoms with van der Waals surface area (Å²) in [6.45, 7) is 5.03. The summed E-state index contributed by atoms with van der Waals surface area (Å²) < 4.78 is 18.6. The van der Waals surface area contributed by atoms with Gasteiger partial charge in [-0.2, -0.15) is 0 Å². The summed E-state index contributed by atoms with van der Waals surface area (Å²) in [6, 6.07) is 29.6. The van der Waals surface area contributed by atoms with E-state index in [1.54, 1.807) is 0 Å². The molecule has 0 bridgehead atoms. The minimum atomic E-state index is 0.462. The first kappa shape index (κ1) is 23.6. The van der Waals surface area contributed by atoms with E-state index in [1.807, 2.05) is 79.9 Å². The Balaban J connectivity index is 1.46. The molecule has 0 fully saturated rings. The molecule has 0 aliphatic heterocycles. The second kappa shape index (κ2) is 11.5. The Hall–Kier alpha value is -3.57. The number of hydrogen-bond donors (Lipinski definition) is 0. The molecule has 0 amide bonds. The molecule has 4 rings (SSSR count). The standard InChI is InChI=1S/C29H26BrNO3/c1-3-32-28-18-23(17-27(30)29(28)33-20-22-11-9-21(2)10-12-22)19-31-24-13-15-26(16-14-24)34-25-7-5-4-6-8-25/h4-19H,3,20H2,1-2H3. The highest BCUT2D eigenvalue weighted by Crippen LogP contribution is 2.37. The van der Waals surface area contributed by atoms with Gasteiger partial charge >= 0.3 is 0 Å². The molecule has 0 aromatic heterocycles. The van der Waals surface area contributed by atoms with Crippen molar-refractivity contribution < 1.29 is 14.2 Å². The van der Waals surface area contributed by atoms with Crippen LogP contribution < -0.4 is 14.2 Å². The van der Waals surface area contributed by atoms with Crippen molar-refractivity contribution in [1.29, 1.82) is 0 Å². The molecule has 5 heteroatoms. The fourth-order valence-corrected chi connectivity index (χ4v) is 3.85. The number of para-hydroxylation sites is 1. The highest BCUT2D eigenvalue weighted by Gasteiger charge is 2.12. The maximum absolute atomic E-state index is 6.10. The van der Waals surface area contributed by atoms with Crippen molar-refractivity contribution in [3.8, 4) is 23.0 Å². The Morgan fingerprint density at radius 1 is 0.824 bits per heavy atom. The Morgan fingerprint density at radius 2 is 1.53 bits per heavy atom. The van der Waals surface area contributed by atoms with Gasteiger partial charge in [0, 0.05) is 6.21 Å². The van der Waals surface area contributed by atoms with Crippen molar-refractivity contribution in [1.82, 2.24) is 0 Å². The average Bonchev–Trinajstić information content (AvgIpc) is 2.85. The monoisotopic (exact) mass is 515 g/mol. The zero-order valence-corrected chi connectivity index (χ0v) is 20.8. The molecule has 0 aliphatic rings. The average molecular weight is 516 g/mol. The van der Waals surface area contributed by atoms with Crippen molar-refractivity contribution in [2.75, 3.05) is 6.61 Å². The third-order valence-corrected chi connectivity index (χ3v) is 5.60. The van der Waals surface area contributed by atoms with E-state index in [1.165, 1.54) is 5.56 Å². The normalized spacial score (nSPS) is 10.9. The van der Waals surface area contributed by atoms with E-state index < -0.39 is 0 Å². The molecule has 0 aliphatic carbocycles. The molecule has 0 N–H and O–H groups in total. The number of rotatable bonds is 9. The van der Waals surface area contributed by atoms with Gasteiger partial charge in [0.25, 0.3) is 0 Å². The van der Waals surface area contributed by atoms with Crippen LogP contribution in [0.2, 0.25) is 0 Å². The van der Waals surface area contributed by atoms with E-state index >= 15 is 0 Å². The van der Waals surface area contributed by atoms with Gasteiger partial charge in [0.05, 0.1) is 16.8 Å². The topological polar surface area (TPSA) is 40.0 Å². The van der Waals surface area contributed by atoms with Gasteiger partial charge in [0.1, 0.15) is 18.1 Å². The molecular weight excluding hydrogens is 490 g/mol. The third kappa shape index (κ3) is 6.49. The van der Waals surface area contributed by atoms with E-state index in [0.29, 0.717) is 24.7 Å². The van der Waals surface area contributed by atoms with Gasteiger partial charge < -0.3 is 14.2 Å². The van der Waals surface area contributed by atoms with Crippen molar-refractivity contribution in [2.24, 2.45) is 4.99 Å². The molecule has 0 saturated heterocycles. The SMILES string of the molecule is CCOc1cc(C=Nc2ccc(Oc3ccccc3)cc2)cc(Br)c1OCc1ccc(C)cc1. The van der Waals surface area contributed by atoms with Gasteiger partial charge in [-0.1, -0.05) is 48.0 Å². The lowest BCUT2D eigenvalue weighted by molar-refractivity contribution is 0.267. The maximum Gasteiger partial charge on any atom is 0.175 e. The third-order valence-electron chi connectivity index (χ3n) is 5.01. The smallest absolute Gasteiger partial charge is 0.175 e. The molecule has 0 heterocycles. The summed E-state index contributed by atoms with van der Waals surface area (Å²) in [7, 11) is 0. The lowest BCUT2D eigenvalue weighted by atomic mass is 10.1. The Labute approximate surface area is 209 Å². The summed E-state index contributed by atoms with van der Waals surface area (Å²) in [5.74, 6) is 2.93. The Morgan fingerprint density at radius 3 is 2.24 bits per heavy atom. The number of benzene rings is 4. The van der Waals surface area contributed by atoms with Gasteiger partial charge in [-0.05, 0) is 89.4 Å². The lowest BCUT2D eigenvalue weighted by Crippen LogP contribution is -2.01. The van der Waals surface area contributed by atoms with Crippen LogP contribution in [0.1, 0.15) is 23.6 Å². The van der Waals surface area contributed by atoms with Gasteiger partial charge in [-0.15, -0.1) is 0 Å². The van der Waals surface area contributed by atoms with Crippen molar-refractivity contribution in [2.45, 2.75) is 20.5 Å². The molecule has 0 radical (unpaired) electrons. The molecule has 0 unspecified atom stereocenters. The van der Waals surface area contributed by atoms with Crippen LogP contribution in [0, 0.1) is 6.92 Å². The van der Waals surface area contributed by atoms with Crippen LogP contribution in [0.25, 0.3) is 0 Å². The van der Waals surface area contributed by atoms with Crippen molar-refractivity contribution in [3.05, 3.63) is 112 Å². The van der Waals surface area contributed by atoms with Gasteiger partial charge in [0.15, 0.2) is 11.5 Å². The minimum absolute atomic E-state index is 0.462. The first-order valence-electron chi connectivity index (χ1n) is 11.1. The molecule has 0 saturated carbocycles. The summed E-state index contributed by atoms with van der Waals surface area (Å²) in [5, 5.41) is 0. The summed E-state index contributed by atoms with van der Waals surface area (Å²) in [6.07, 6.45) is 1.81. The van der Waals surface area contributed by atoms with Gasteiger partial charge in [-0.25, -0.2) is 0 Å². The quantitative estimate of drug-likeness (QED) is 0.210. The maximum atomic E-state index is 6.10. The number of hydrogen-bond acceptors (Lipinski definition) is 4. The fourth-order valence-electron chi connectivity index (χ4n) is 3.28. The van der Waals surface area contributed by atoms with Crippen LogP contribution in [0.4, 0.5) is 5.69 Å². The van der Waals surface area contributed by atoms with Crippen LogP contribution in [0.5, 0.6) is 23.0 Å². The summed E-state index contributed by atoms with van der Waals surface area (Å²) in [5.41, 5.74) is 4.06. The van der Waals surface area contributed by atoms with E-state index in [9.17, 15) is 0 Å². The molecule has 172 valence electrons. The predicted octanol–water partition coefficient (Wildman–Crippen LogP) is 8.28. The second-order valence-corrected chi connectivity index (χ2v) is 8.56. The molecule has 4 aromatic rings. The Kier molecular flexibility index (Phi) is 7.99. The number of aliphatic imine (C=N–C) groups is 1. The first-order chi connectivity index (χ1) is 16.6. The number of nitrogens with zero attached hydrogens (tertiary/aromatic N) is 1. The van der Waals surface area contributed by atoms with Crippen LogP contribution in [-0.4, -0.2) is 12.8 Å². The van der Waals surface area contributed by atoms with Crippen LogP contribution in [0.3, 0.4) is 0 Å². The van der Waals surface area contributed by atoms with Gasteiger partial charge in [-0.3, -0.25) is 4.99 Å². The zero-order valence-electron chi connectivity index (χ0n) is 19.2. The number of aryl methyl sites for hydroxylation is 1. The molecule has 0 atom stereocenters. The van der Waals surface area contributed by atoms with E-state index in [0.717, 1.165) is 32.8 Å². The van der Waals surface area contributed by atoms with E-state index in [4.69, 9.17) is 14.2 Å². The second-order valence-electron chi connectivity index (χ2n) is 7.70. The molecule has 34 heavy (non-hydrogen) atoms. The molecule has 0 spiro atoms. The summed E-state index contributed by atoms with van der Waals surface area (Å²) >= 11 is 3.64. The van der Waals surface area contributed by atoms with Crippen LogP contribution in [-0.2, 0) is 6.61 Å². The highest BCUT2D eigenvalue weighted by atomic mass is 79.9. The van der Waals surface area contributed by atoms with Crippen LogP contribution in [0.15, 0.2) is 100 Å².